The number of aryl methyl sites for hydroxylation is 2. The summed E-state index contributed by atoms with van der Waals surface area (Å²) in [6.45, 7) is 3.89. The van der Waals surface area contributed by atoms with Gasteiger partial charge < -0.3 is 14.9 Å². The SMILES string of the molecule is Cc1cc(C)c2c(CC(=O)NC(Cc3ccccc3)C(=O)O)noc2c1. The van der Waals surface area contributed by atoms with E-state index in [9.17, 15) is 14.7 Å². The number of amides is 1. The minimum atomic E-state index is -1.07. The summed E-state index contributed by atoms with van der Waals surface area (Å²) in [5.41, 5.74) is 4.01. The molecule has 26 heavy (non-hydrogen) atoms. The predicted molar refractivity (Wildman–Crippen MR) is 96.9 cm³/mol. The fraction of sp³-hybridized carbons (Fsp3) is 0.250. The van der Waals surface area contributed by atoms with Crippen LogP contribution < -0.4 is 5.32 Å². The molecule has 3 aromatic rings. The van der Waals surface area contributed by atoms with Gasteiger partial charge >= 0.3 is 5.97 Å². The van der Waals surface area contributed by atoms with Crippen molar-refractivity contribution in [2.45, 2.75) is 32.7 Å². The van der Waals surface area contributed by atoms with Crippen LogP contribution in [0, 0.1) is 13.8 Å². The first-order valence-corrected chi connectivity index (χ1v) is 8.35. The molecule has 2 N–H and O–H groups in total. The Bertz CT molecular complexity index is 947. The fourth-order valence-corrected chi connectivity index (χ4v) is 3.09. The van der Waals surface area contributed by atoms with Crippen LogP contribution in [0.2, 0.25) is 0 Å². The molecule has 134 valence electrons. The van der Waals surface area contributed by atoms with Gasteiger partial charge in [0.05, 0.1) is 6.42 Å². The van der Waals surface area contributed by atoms with Gasteiger partial charge in [0.25, 0.3) is 0 Å². The Kier molecular flexibility index (Phi) is 5.02. The zero-order valence-corrected chi connectivity index (χ0v) is 14.7. The normalized spacial score (nSPS) is 12.1. The zero-order valence-electron chi connectivity index (χ0n) is 14.7. The average Bonchev–Trinajstić information content (AvgIpc) is 2.97. The molecule has 0 aliphatic heterocycles. The molecule has 1 amide bonds. The number of carbonyl (C=O) groups excluding carboxylic acids is 1. The van der Waals surface area contributed by atoms with E-state index in [4.69, 9.17) is 4.52 Å². The third-order valence-corrected chi connectivity index (χ3v) is 4.23. The smallest absolute Gasteiger partial charge is 0.326 e. The van der Waals surface area contributed by atoms with E-state index < -0.39 is 17.9 Å². The van der Waals surface area contributed by atoms with Gasteiger partial charge in [0.1, 0.15) is 11.7 Å². The summed E-state index contributed by atoms with van der Waals surface area (Å²) >= 11 is 0. The van der Waals surface area contributed by atoms with Gasteiger partial charge in [-0.05, 0) is 36.6 Å². The molecule has 6 heteroatoms. The van der Waals surface area contributed by atoms with Gasteiger partial charge in [0.2, 0.25) is 5.91 Å². The van der Waals surface area contributed by atoms with Crippen molar-refractivity contribution in [1.82, 2.24) is 10.5 Å². The molecule has 0 radical (unpaired) electrons. The van der Waals surface area contributed by atoms with Gasteiger partial charge in [-0.2, -0.15) is 0 Å². The van der Waals surface area contributed by atoms with Crippen LogP contribution in [0.4, 0.5) is 0 Å². The molecule has 1 unspecified atom stereocenters. The van der Waals surface area contributed by atoms with Crippen molar-refractivity contribution in [3.8, 4) is 0 Å². The second-order valence-corrected chi connectivity index (χ2v) is 6.41. The highest BCUT2D eigenvalue weighted by atomic mass is 16.5. The maximum absolute atomic E-state index is 12.4. The van der Waals surface area contributed by atoms with Crippen LogP contribution in [-0.4, -0.2) is 28.2 Å². The molecule has 1 atom stereocenters. The summed E-state index contributed by atoms with van der Waals surface area (Å²) in [5.74, 6) is -1.47. The van der Waals surface area contributed by atoms with Crippen molar-refractivity contribution in [3.63, 3.8) is 0 Å². The van der Waals surface area contributed by atoms with Crippen molar-refractivity contribution in [2.75, 3.05) is 0 Å². The topological polar surface area (TPSA) is 92.4 Å². The molecule has 2 aromatic carbocycles. The third kappa shape index (κ3) is 3.91. The molecular weight excluding hydrogens is 332 g/mol. The summed E-state index contributed by atoms with van der Waals surface area (Å²) in [4.78, 5) is 23.9. The second-order valence-electron chi connectivity index (χ2n) is 6.41. The van der Waals surface area contributed by atoms with Gasteiger partial charge in [-0.3, -0.25) is 4.79 Å². The van der Waals surface area contributed by atoms with E-state index in [1.54, 1.807) is 0 Å². The van der Waals surface area contributed by atoms with Crippen LogP contribution >= 0.6 is 0 Å². The molecular formula is C20H20N2O4. The van der Waals surface area contributed by atoms with Gasteiger partial charge in [-0.15, -0.1) is 0 Å². The number of carboxylic acids is 1. The summed E-state index contributed by atoms with van der Waals surface area (Å²) in [5, 5.41) is 16.8. The van der Waals surface area contributed by atoms with E-state index >= 15 is 0 Å². The first-order chi connectivity index (χ1) is 12.4. The molecule has 1 aromatic heterocycles. The van der Waals surface area contributed by atoms with Crippen molar-refractivity contribution < 1.29 is 19.2 Å². The van der Waals surface area contributed by atoms with Crippen LogP contribution in [0.5, 0.6) is 0 Å². The van der Waals surface area contributed by atoms with Gasteiger partial charge in [0, 0.05) is 11.8 Å². The monoisotopic (exact) mass is 352 g/mol. The molecule has 0 saturated carbocycles. The summed E-state index contributed by atoms with van der Waals surface area (Å²) in [7, 11) is 0. The van der Waals surface area contributed by atoms with Crippen LogP contribution in [0.15, 0.2) is 47.0 Å². The first kappa shape index (κ1) is 17.7. The highest BCUT2D eigenvalue weighted by Gasteiger charge is 2.22. The summed E-state index contributed by atoms with van der Waals surface area (Å²) in [6, 6.07) is 12.1. The van der Waals surface area contributed by atoms with Crippen LogP contribution in [-0.2, 0) is 22.4 Å². The number of carboxylic acid groups (broad SMARTS) is 1. The predicted octanol–water partition coefficient (Wildman–Crippen LogP) is 2.80. The number of hydrogen-bond donors (Lipinski definition) is 2. The first-order valence-electron chi connectivity index (χ1n) is 8.35. The zero-order chi connectivity index (χ0) is 18.7. The van der Waals surface area contributed by atoms with E-state index in [0.717, 1.165) is 22.1 Å². The molecule has 0 aliphatic carbocycles. The van der Waals surface area contributed by atoms with Crippen molar-refractivity contribution in [1.29, 1.82) is 0 Å². The number of hydrogen-bond acceptors (Lipinski definition) is 4. The Morgan fingerprint density at radius 3 is 2.62 bits per heavy atom. The number of nitrogens with one attached hydrogen (secondary N) is 1. The molecule has 0 aliphatic rings. The van der Waals surface area contributed by atoms with E-state index in [0.29, 0.717) is 11.3 Å². The highest BCUT2D eigenvalue weighted by molar-refractivity contribution is 5.90. The van der Waals surface area contributed by atoms with E-state index in [2.05, 4.69) is 10.5 Å². The minimum Gasteiger partial charge on any atom is -0.480 e. The van der Waals surface area contributed by atoms with Gasteiger partial charge in [-0.25, -0.2) is 4.79 Å². The van der Waals surface area contributed by atoms with Crippen LogP contribution in [0.3, 0.4) is 0 Å². The lowest BCUT2D eigenvalue weighted by Crippen LogP contribution is -2.43. The standard InChI is InChI=1S/C20H20N2O4/c1-12-8-13(2)19-15(22-26-17(19)9-12)11-18(23)21-16(20(24)25)10-14-6-4-3-5-7-14/h3-9,16H,10-11H2,1-2H3,(H,21,23)(H,24,25). The minimum absolute atomic E-state index is 0.0323. The Hall–Kier alpha value is -3.15. The second kappa shape index (κ2) is 7.39. The Morgan fingerprint density at radius 1 is 1.19 bits per heavy atom. The molecule has 1 heterocycles. The quantitative estimate of drug-likeness (QED) is 0.712. The number of benzene rings is 2. The number of carbonyl (C=O) groups is 2. The number of fused-ring (bicyclic) bond motifs is 1. The van der Waals surface area contributed by atoms with E-state index in [1.165, 1.54) is 0 Å². The molecule has 0 saturated heterocycles. The lowest BCUT2D eigenvalue weighted by Gasteiger charge is -2.14. The number of nitrogens with zero attached hydrogens (tertiary/aromatic N) is 1. The number of rotatable bonds is 6. The highest BCUT2D eigenvalue weighted by Crippen LogP contribution is 2.24. The molecule has 0 bridgehead atoms. The Labute approximate surface area is 150 Å². The lowest BCUT2D eigenvalue weighted by atomic mass is 10.0. The van der Waals surface area contributed by atoms with E-state index in [-0.39, 0.29) is 12.8 Å². The van der Waals surface area contributed by atoms with Gasteiger partial charge in [-0.1, -0.05) is 41.6 Å². The lowest BCUT2D eigenvalue weighted by molar-refractivity contribution is -0.141. The molecule has 0 spiro atoms. The maximum atomic E-state index is 12.4. The van der Waals surface area contributed by atoms with Crippen molar-refractivity contribution >= 4 is 22.8 Å². The van der Waals surface area contributed by atoms with Crippen molar-refractivity contribution in [2.24, 2.45) is 0 Å². The van der Waals surface area contributed by atoms with Crippen LogP contribution in [0.25, 0.3) is 11.0 Å². The largest absolute Gasteiger partial charge is 0.480 e. The van der Waals surface area contributed by atoms with Crippen molar-refractivity contribution in [3.05, 3.63) is 64.8 Å². The summed E-state index contributed by atoms with van der Waals surface area (Å²) < 4.78 is 5.31. The number of aliphatic carboxylic acids is 1. The molecule has 6 nitrogen and oxygen atoms in total. The molecule has 3 rings (SSSR count). The Morgan fingerprint density at radius 2 is 1.92 bits per heavy atom. The Balaban J connectivity index is 1.74. The average molecular weight is 352 g/mol. The van der Waals surface area contributed by atoms with E-state index in [1.807, 2.05) is 56.3 Å². The number of aromatic nitrogens is 1. The summed E-state index contributed by atoms with van der Waals surface area (Å²) in [6.07, 6.45) is 0.190. The van der Waals surface area contributed by atoms with Gasteiger partial charge in [0.15, 0.2) is 5.58 Å². The fourth-order valence-electron chi connectivity index (χ4n) is 3.09. The third-order valence-electron chi connectivity index (χ3n) is 4.23. The van der Waals surface area contributed by atoms with Crippen LogP contribution in [0.1, 0.15) is 22.4 Å². The maximum Gasteiger partial charge on any atom is 0.326 e. The molecule has 0 fully saturated rings.